The molecule has 0 saturated heterocycles. The highest BCUT2D eigenvalue weighted by atomic mass is 16.4. The van der Waals surface area contributed by atoms with Gasteiger partial charge in [0.1, 0.15) is 6.07 Å². The minimum Gasteiger partial charge on any atom is -0.477 e. The van der Waals surface area contributed by atoms with Gasteiger partial charge in [0, 0.05) is 30.1 Å². The molecular formula is C12H9N4O2+. The number of aromatic nitrogens is 3. The molecule has 2 rings (SSSR count). The fourth-order valence-electron chi connectivity index (χ4n) is 1.40. The van der Waals surface area contributed by atoms with Crippen molar-refractivity contribution < 1.29 is 14.5 Å². The van der Waals surface area contributed by atoms with E-state index in [2.05, 4.69) is 9.97 Å². The standard InChI is InChI=1S/C12H8N4O2/c13-5-9-6-14-12(15-7-9)10-1-3-16(4-2-10)8-11(17)18/h1-4,6-7H,8H2/p+1. The summed E-state index contributed by atoms with van der Waals surface area (Å²) in [6, 6.07) is 5.39. The van der Waals surface area contributed by atoms with Gasteiger partial charge in [-0.3, -0.25) is 0 Å². The predicted octanol–water partition coefficient (Wildman–Crippen LogP) is 0.387. The third-order valence-corrected chi connectivity index (χ3v) is 2.25. The zero-order valence-corrected chi connectivity index (χ0v) is 9.32. The van der Waals surface area contributed by atoms with Crippen LogP contribution < -0.4 is 4.57 Å². The number of nitriles is 1. The SMILES string of the molecule is N#Cc1cnc(-c2cc[n+](CC(=O)O)cc2)nc1. The zero-order chi connectivity index (χ0) is 13.0. The van der Waals surface area contributed by atoms with Gasteiger partial charge in [-0.15, -0.1) is 0 Å². The average molecular weight is 241 g/mol. The average Bonchev–Trinajstić information content (AvgIpc) is 2.39. The van der Waals surface area contributed by atoms with Crippen molar-refractivity contribution in [3.63, 3.8) is 0 Å². The molecule has 0 saturated carbocycles. The Bertz CT molecular complexity index is 599. The summed E-state index contributed by atoms with van der Waals surface area (Å²) in [7, 11) is 0. The van der Waals surface area contributed by atoms with Gasteiger partial charge in [-0.25, -0.2) is 14.8 Å². The Morgan fingerprint density at radius 2 is 1.94 bits per heavy atom. The molecule has 1 N–H and O–H groups in total. The van der Waals surface area contributed by atoms with Crippen LogP contribution >= 0.6 is 0 Å². The fourth-order valence-corrected chi connectivity index (χ4v) is 1.40. The number of carbonyl (C=O) groups is 1. The van der Waals surface area contributed by atoms with Crippen LogP contribution in [0.2, 0.25) is 0 Å². The van der Waals surface area contributed by atoms with Crippen LogP contribution in [0, 0.1) is 11.3 Å². The van der Waals surface area contributed by atoms with E-state index in [4.69, 9.17) is 10.4 Å². The van der Waals surface area contributed by atoms with E-state index in [1.807, 2.05) is 6.07 Å². The Kier molecular flexibility index (Phi) is 3.25. The van der Waals surface area contributed by atoms with E-state index in [1.165, 1.54) is 17.0 Å². The number of pyridine rings is 1. The lowest BCUT2D eigenvalue weighted by molar-refractivity contribution is -0.685. The monoisotopic (exact) mass is 241 g/mol. The molecule has 0 radical (unpaired) electrons. The molecule has 2 aromatic rings. The molecule has 0 atom stereocenters. The van der Waals surface area contributed by atoms with E-state index in [-0.39, 0.29) is 6.54 Å². The number of nitrogens with zero attached hydrogens (tertiary/aromatic N) is 4. The van der Waals surface area contributed by atoms with Gasteiger partial charge < -0.3 is 5.11 Å². The van der Waals surface area contributed by atoms with Crippen molar-refractivity contribution >= 4 is 5.97 Å². The molecule has 6 heteroatoms. The van der Waals surface area contributed by atoms with Gasteiger partial charge in [0.25, 0.3) is 0 Å². The normalized spacial score (nSPS) is 9.72. The zero-order valence-electron chi connectivity index (χ0n) is 9.32. The molecule has 18 heavy (non-hydrogen) atoms. The van der Waals surface area contributed by atoms with Gasteiger partial charge in [0.05, 0.1) is 5.56 Å². The molecule has 0 aliphatic heterocycles. The lowest BCUT2D eigenvalue weighted by atomic mass is 10.2. The lowest BCUT2D eigenvalue weighted by Gasteiger charge is -1.98. The van der Waals surface area contributed by atoms with Crippen molar-refractivity contribution in [1.29, 1.82) is 5.26 Å². The maximum Gasteiger partial charge on any atom is 0.370 e. The number of hydrogen-bond donors (Lipinski definition) is 1. The predicted molar refractivity (Wildman–Crippen MR) is 60.0 cm³/mol. The molecule has 0 fully saturated rings. The van der Waals surface area contributed by atoms with E-state index in [1.54, 1.807) is 24.5 Å². The minimum atomic E-state index is -0.901. The van der Waals surface area contributed by atoms with Gasteiger partial charge in [0.15, 0.2) is 18.2 Å². The summed E-state index contributed by atoms with van der Waals surface area (Å²) in [6.45, 7) is -0.0888. The molecule has 2 aromatic heterocycles. The largest absolute Gasteiger partial charge is 0.477 e. The van der Waals surface area contributed by atoms with Gasteiger partial charge >= 0.3 is 5.97 Å². The van der Waals surface area contributed by atoms with Gasteiger partial charge in [-0.2, -0.15) is 9.83 Å². The highest BCUT2D eigenvalue weighted by Gasteiger charge is 2.08. The van der Waals surface area contributed by atoms with Crippen molar-refractivity contribution in [2.75, 3.05) is 0 Å². The highest BCUT2D eigenvalue weighted by molar-refractivity contribution is 5.64. The summed E-state index contributed by atoms with van der Waals surface area (Å²) in [4.78, 5) is 18.6. The van der Waals surface area contributed by atoms with Crippen molar-refractivity contribution in [3.8, 4) is 17.5 Å². The Labute approximate surface area is 103 Å². The Hall–Kier alpha value is -2.81. The number of carboxylic acid groups (broad SMARTS) is 1. The number of rotatable bonds is 3. The molecule has 88 valence electrons. The first-order valence-electron chi connectivity index (χ1n) is 5.12. The van der Waals surface area contributed by atoms with Crippen LogP contribution in [0.4, 0.5) is 0 Å². The van der Waals surface area contributed by atoms with E-state index >= 15 is 0 Å². The Morgan fingerprint density at radius 1 is 1.33 bits per heavy atom. The van der Waals surface area contributed by atoms with Gasteiger partial charge in [-0.1, -0.05) is 0 Å². The molecule has 0 spiro atoms. The van der Waals surface area contributed by atoms with Crippen LogP contribution in [-0.4, -0.2) is 21.0 Å². The maximum atomic E-state index is 10.5. The van der Waals surface area contributed by atoms with Crippen LogP contribution in [0.25, 0.3) is 11.4 Å². The molecule has 0 amide bonds. The molecular weight excluding hydrogens is 232 g/mol. The first kappa shape index (κ1) is 11.7. The van der Waals surface area contributed by atoms with Crippen molar-refractivity contribution in [2.45, 2.75) is 6.54 Å². The molecule has 0 aromatic carbocycles. The van der Waals surface area contributed by atoms with Gasteiger partial charge in [0.2, 0.25) is 6.54 Å². The number of carboxylic acids is 1. The summed E-state index contributed by atoms with van der Waals surface area (Å²) in [5.41, 5.74) is 1.16. The van der Waals surface area contributed by atoms with Crippen molar-refractivity contribution in [3.05, 3.63) is 42.5 Å². The fraction of sp³-hybridized carbons (Fsp3) is 0.0833. The summed E-state index contributed by atoms with van der Waals surface area (Å²) in [5.74, 6) is -0.404. The third kappa shape index (κ3) is 2.65. The van der Waals surface area contributed by atoms with Crippen molar-refractivity contribution in [2.24, 2.45) is 0 Å². The van der Waals surface area contributed by atoms with Crippen LogP contribution in [0.5, 0.6) is 0 Å². The number of hydrogen-bond acceptors (Lipinski definition) is 4. The molecule has 0 bridgehead atoms. The molecule has 2 heterocycles. The van der Waals surface area contributed by atoms with E-state index in [0.717, 1.165) is 5.56 Å². The Morgan fingerprint density at radius 3 is 2.44 bits per heavy atom. The van der Waals surface area contributed by atoms with Crippen LogP contribution in [0.15, 0.2) is 36.9 Å². The van der Waals surface area contributed by atoms with Crippen LogP contribution in [0.1, 0.15) is 5.56 Å². The third-order valence-electron chi connectivity index (χ3n) is 2.25. The maximum absolute atomic E-state index is 10.5. The summed E-state index contributed by atoms with van der Waals surface area (Å²) in [5, 5.41) is 17.3. The van der Waals surface area contributed by atoms with E-state index in [0.29, 0.717) is 11.4 Å². The first-order valence-corrected chi connectivity index (χ1v) is 5.12. The van der Waals surface area contributed by atoms with Crippen LogP contribution in [-0.2, 0) is 11.3 Å². The minimum absolute atomic E-state index is 0.0888. The smallest absolute Gasteiger partial charge is 0.370 e. The van der Waals surface area contributed by atoms with Crippen molar-refractivity contribution in [1.82, 2.24) is 9.97 Å². The highest BCUT2D eigenvalue weighted by Crippen LogP contribution is 2.11. The molecule has 0 aliphatic rings. The lowest BCUT2D eigenvalue weighted by Crippen LogP contribution is -2.36. The molecule has 0 aliphatic carbocycles. The summed E-state index contributed by atoms with van der Waals surface area (Å²) < 4.78 is 1.54. The summed E-state index contributed by atoms with van der Waals surface area (Å²) in [6.07, 6.45) is 6.18. The Balaban J connectivity index is 2.23. The second-order valence-electron chi connectivity index (χ2n) is 3.56. The first-order chi connectivity index (χ1) is 8.69. The van der Waals surface area contributed by atoms with Crippen LogP contribution in [0.3, 0.4) is 0 Å². The van der Waals surface area contributed by atoms with E-state index < -0.39 is 5.97 Å². The summed E-state index contributed by atoms with van der Waals surface area (Å²) >= 11 is 0. The number of aliphatic carboxylic acids is 1. The second-order valence-corrected chi connectivity index (χ2v) is 3.56. The molecule has 0 unspecified atom stereocenters. The molecule has 6 nitrogen and oxygen atoms in total. The van der Waals surface area contributed by atoms with E-state index in [9.17, 15) is 4.79 Å². The second kappa shape index (κ2) is 5.01. The van der Waals surface area contributed by atoms with Gasteiger partial charge in [-0.05, 0) is 0 Å². The topological polar surface area (TPSA) is 90.8 Å². The quantitative estimate of drug-likeness (QED) is 0.785.